The monoisotopic (exact) mass is 391 g/mol. The van der Waals surface area contributed by atoms with Crippen LogP contribution in [0.4, 0.5) is 14.5 Å². The maximum absolute atomic E-state index is 13.5. The number of benzene rings is 2. The third-order valence-corrected chi connectivity index (χ3v) is 5.37. The average molecular weight is 391 g/mol. The number of carbonyl (C=O) groups excluding carboxylic acids is 1. The molecule has 1 amide bonds. The second-order valence-electron chi connectivity index (χ2n) is 5.76. The first-order valence-electron chi connectivity index (χ1n) is 7.87. The molecular formula is C18H15F2N3O3S. The standard InChI is InChI=1S/C18H15F2N3O3S/c1-11-17(12-6-8-13(19)9-7-12)27(25,26)23-18(11)21-10-16(24)22-15-5-3-2-4-14(15)20/h2-9H,10H2,1H3,(H,21,23)(H,22,24). The Morgan fingerprint density at radius 2 is 1.78 bits per heavy atom. The van der Waals surface area contributed by atoms with Crippen LogP contribution in [0.1, 0.15) is 12.5 Å². The van der Waals surface area contributed by atoms with Crippen LogP contribution in [0.25, 0.3) is 4.91 Å². The number of rotatable bonds is 4. The van der Waals surface area contributed by atoms with E-state index in [2.05, 4.69) is 15.0 Å². The van der Waals surface area contributed by atoms with Gasteiger partial charge in [0.15, 0.2) is 0 Å². The van der Waals surface area contributed by atoms with Gasteiger partial charge in [-0.25, -0.2) is 17.2 Å². The zero-order valence-corrected chi connectivity index (χ0v) is 15.0. The molecule has 0 spiro atoms. The molecule has 9 heteroatoms. The van der Waals surface area contributed by atoms with Gasteiger partial charge in [-0.3, -0.25) is 14.5 Å². The molecule has 6 nitrogen and oxygen atoms in total. The van der Waals surface area contributed by atoms with E-state index in [4.69, 9.17) is 0 Å². The van der Waals surface area contributed by atoms with Crippen LogP contribution in [-0.4, -0.2) is 26.7 Å². The minimum absolute atomic E-state index is 0.00830. The molecule has 0 fully saturated rings. The number of halogens is 2. The number of amidine groups is 1. The summed E-state index contributed by atoms with van der Waals surface area (Å²) in [4.78, 5) is 15.9. The van der Waals surface area contributed by atoms with Gasteiger partial charge < -0.3 is 5.32 Å². The highest BCUT2D eigenvalue weighted by Crippen LogP contribution is 2.29. The number of carbonyl (C=O) groups is 1. The molecule has 2 aromatic rings. The predicted molar refractivity (Wildman–Crippen MR) is 98.4 cm³/mol. The average Bonchev–Trinajstić information content (AvgIpc) is 2.85. The van der Waals surface area contributed by atoms with Crippen molar-refractivity contribution in [3.63, 3.8) is 0 Å². The van der Waals surface area contributed by atoms with Crippen molar-refractivity contribution in [2.75, 3.05) is 11.9 Å². The molecule has 0 unspecified atom stereocenters. The predicted octanol–water partition coefficient (Wildman–Crippen LogP) is 2.67. The fraction of sp³-hybridized carbons (Fsp3) is 0.111. The molecule has 2 N–H and O–H groups in total. The topological polar surface area (TPSA) is 87.6 Å². The second-order valence-corrected chi connectivity index (χ2v) is 7.38. The zero-order valence-electron chi connectivity index (χ0n) is 14.2. The lowest BCUT2D eigenvalue weighted by Gasteiger charge is -2.05. The number of hydrogen-bond acceptors (Lipinski definition) is 4. The van der Waals surface area contributed by atoms with Gasteiger partial charge in [0.25, 0.3) is 10.0 Å². The number of para-hydroxylation sites is 1. The fourth-order valence-electron chi connectivity index (χ4n) is 2.59. The van der Waals surface area contributed by atoms with Crippen molar-refractivity contribution in [3.8, 4) is 0 Å². The molecule has 1 aliphatic rings. The van der Waals surface area contributed by atoms with E-state index in [1.807, 2.05) is 0 Å². The second kappa shape index (κ2) is 7.28. The summed E-state index contributed by atoms with van der Waals surface area (Å²) in [5, 5.41) is 2.36. The van der Waals surface area contributed by atoms with Gasteiger partial charge in [-0.15, -0.1) is 0 Å². The van der Waals surface area contributed by atoms with Crippen LogP contribution in [0.2, 0.25) is 0 Å². The van der Waals surface area contributed by atoms with E-state index >= 15 is 0 Å². The Morgan fingerprint density at radius 3 is 2.44 bits per heavy atom. The maximum atomic E-state index is 13.5. The summed E-state index contributed by atoms with van der Waals surface area (Å²) in [6.45, 7) is 1.13. The first-order valence-corrected chi connectivity index (χ1v) is 9.35. The van der Waals surface area contributed by atoms with Crippen molar-refractivity contribution < 1.29 is 22.0 Å². The molecule has 2 aromatic carbocycles. The van der Waals surface area contributed by atoms with E-state index in [0.29, 0.717) is 11.1 Å². The smallest absolute Gasteiger partial charge is 0.264 e. The van der Waals surface area contributed by atoms with Crippen molar-refractivity contribution in [1.82, 2.24) is 4.72 Å². The largest absolute Gasteiger partial charge is 0.322 e. The molecular weight excluding hydrogens is 376 g/mol. The highest BCUT2D eigenvalue weighted by molar-refractivity contribution is 8.00. The highest BCUT2D eigenvalue weighted by Gasteiger charge is 2.32. The van der Waals surface area contributed by atoms with Gasteiger partial charge in [0.2, 0.25) is 5.91 Å². The summed E-state index contributed by atoms with van der Waals surface area (Å²) in [6, 6.07) is 10.7. The quantitative estimate of drug-likeness (QED) is 0.840. The van der Waals surface area contributed by atoms with Crippen LogP contribution >= 0.6 is 0 Å². The Morgan fingerprint density at radius 1 is 1.11 bits per heavy atom. The minimum Gasteiger partial charge on any atom is -0.322 e. The van der Waals surface area contributed by atoms with Gasteiger partial charge in [-0.1, -0.05) is 24.3 Å². The Bertz CT molecular complexity index is 1060. The van der Waals surface area contributed by atoms with E-state index in [0.717, 1.165) is 12.1 Å². The molecule has 1 heterocycles. The Labute approximate surface area is 154 Å². The van der Waals surface area contributed by atoms with Crippen LogP contribution in [-0.2, 0) is 14.8 Å². The highest BCUT2D eigenvalue weighted by atomic mass is 32.2. The molecule has 0 aliphatic carbocycles. The van der Waals surface area contributed by atoms with Crippen LogP contribution in [0, 0.1) is 11.6 Å². The van der Waals surface area contributed by atoms with E-state index in [9.17, 15) is 22.0 Å². The van der Waals surface area contributed by atoms with Gasteiger partial charge in [-0.05, 0) is 36.8 Å². The van der Waals surface area contributed by atoms with Gasteiger partial charge >= 0.3 is 0 Å². The van der Waals surface area contributed by atoms with Gasteiger partial charge in [0.1, 0.15) is 28.9 Å². The molecule has 0 radical (unpaired) electrons. The number of amides is 1. The SMILES string of the molecule is CC1=C(c2ccc(F)cc2)S(=O)(=O)NC1=NCC(=O)Nc1ccccc1F. The number of anilines is 1. The first-order chi connectivity index (χ1) is 12.8. The van der Waals surface area contributed by atoms with Crippen molar-refractivity contribution in [3.05, 3.63) is 71.3 Å². The van der Waals surface area contributed by atoms with Crippen LogP contribution < -0.4 is 10.0 Å². The van der Waals surface area contributed by atoms with Crippen LogP contribution in [0.3, 0.4) is 0 Å². The third kappa shape index (κ3) is 4.03. The molecule has 0 saturated heterocycles. The molecule has 1 aliphatic heterocycles. The van der Waals surface area contributed by atoms with Crippen molar-refractivity contribution in [2.24, 2.45) is 4.99 Å². The van der Waals surface area contributed by atoms with Gasteiger partial charge in [0.05, 0.1) is 5.69 Å². The number of aliphatic imine (C=N–C) groups is 1. The summed E-state index contributed by atoms with van der Waals surface area (Å²) >= 11 is 0. The van der Waals surface area contributed by atoms with E-state index < -0.39 is 34.1 Å². The lowest BCUT2D eigenvalue weighted by Crippen LogP contribution is -2.25. The number of nitrogens with zero attached hydrogens (tertiary/aromatic N) is 1. The number of nitrogens with one attached hydrogen (secondary N) is 2. The molecule has 140 valence electrons. The summed E-state index contributed by atoms with van der Waals surface area (Å²) in [5.41, 5.74) is 0.622. The van der Waals surface area contributed by atoms with Crippen molar-refractivity contribution in [2.45, 2.75) is 6.92 Å². The van der Waals surface area contributed by atoms with E-state index in [1.54, 1.807) is 6.07 Å². The molecule has 0 saturated carbocycles. The maximum Gasteiger partial charge on any atom is 0.264 e. The summed E-state index contributed by atoms with van der Waals surface area (Å²) in [6.07, 6.45) is 0. The Balaban J connectivity index is 1.81. The van der Waals surface area contributed by atoms with Crippen LogP contribution in [0.15, 0.2) is 59.1 Å². The van der Waals surface area contributed by atoms with Crippen LogP contribution in [0.5, 0.6) is 0 Å². The van der Waals surface area contributed by atoms with Crippen molar-refractivity contribution in [1.29, 1.82) is 0 Å². The Kier molecular flexibility index (Phi) is 5.04. The summed E-state index contributed by atoms with van der Waals surface area (Å²) in [5.74, 6) is -1.67. The first kappa shape index (κ1) is 18.7. The molecule has 3 rings (SSSR count). The summed E-state index contributed by atoms with van der Waals surface area (Å²) in [7, 11) is -3.88. The normalized spacial score (nSPS) is 17.1. The molecule has 27 heavy (non-hydrogen) atoms. The molecule has 0 aromatic heterocycles. The molecule has 0 bridgehead atoms. The summed E-state index contributed by atoms with van der Waals surface area (Å²) < 4.78 is 53.6. The van der Waals surface area contributed by atoms with E-state index in [-0.39, 0.29) is 16.4 Å². The zero-order chi connectivity index (χ0) is 19.6. The number of sulfonamides is 1. The molecule has 0 atom stereocenters. The number of hydrogen-bond donors (Lipinski definition) is 2. The van der Waals surface area contributed by atoms with Crippen molar-refractivity contribution >= 4 is 32.4 Å². The van der Waals surface area contributed by atoms with Gasteiger partial charge in [0, 0.05) is 5.57 Å². The lowest BCUT2D eigenvalue weighted by atomic mass is 10.1. The minimum atomic E-state index is -3.88. The van der Waals surface area contributed by atoms with E-state index in [1.165, 1.54) is 37.3 Å². The third-order valence-electron chi connectivity index (χ3n) is 3.83. The lowest BCUT2D eigenvalue weighted by molar-refractivity contribution is -0.114. The van der Waals surface area contributed by atoms with Gasteiger partial charge in [-0.2, -0.15) is 0 Å². The fourth-order valence-corrected chi connectivity index (χ4v) is 4.11. The Hall–Kier alpha value is -3.07.